The molecular formula is C17H19ClN4O6S. The van der Waals surface area contributed by atoms with E-state index in [-0.39, 0.29) is 41.7 Å². The molecule has 1 unspecified atom stereocenters. The second-order valence-electron chi connectivity index (χ2n) is 6.29. The lowest BCUT2D eigenvalue weighted by atomic mass is 10.2. The van der Waals surface area contributed by atoms with E-state index < -0.39 is 27.7 Å². The number of aromatic carboxylic acids is 1. The van der Waals surface area contributed by atoms with E-state index in [0.29, 0.717) is 0 Å². The number of benzene rings is 1. The van der Waals surface area contributed by atoms with Crippen molar-refractivity contribution >= 4 is 39.8 Å². The third kappa shape index (κ3) is 3.86. The number of carbonyl (C=O) groups excluding carboxylic acids is 1. The van der Waals surface area contributed by atoms with E-state index in [0.717, 1.165) is 6.07 Å². The van der Waals surface area contributed by atoms with E-state index in [2.05, 4.69) is 10.3 Å². The van der Waals surface area contributed by atoms with Crippen LogP contribution in [0.5, 0.6) is 0 Å². The average Bonchev–Trinajstić information content (AvgIpc) is 2.73. The molecule has 29 heavy (non-hydrogen) atoms. The molecule has 12 heteroatoms. The van der Waals surface area contributed by atoms with Gasteiger partial charge in [0, 0.05) is 38.6 Å². The number of carbonyl (C=O) groups is 2. The van der Waals surface area contributed by atoms with Crippen molar-refractivity contribution in [3.63, 3.8) is 0 Å². The molecule has 1 aromatic carbocycles. The number of sulfonamides is 1. The van der Waals surface area contributed by atoms with Gasteiger partial charge in [-0.25, -0.2) is 27.9 Å². The highest BCUT2D eigenvalue weighted by atomic mass is 35.5. The Morgan fingerprint density at radius 2 is 1.97 bits per heavy atom. The van der Waals surface area contributed by atoms with E-state index in [1.807, 2.05) is 0 Å². The number of rotatable bonds is 5. The predicted octanol–water partition coefficient (Wildman–Crippen LogP) is 0.359. The van der Waals surface area contributed by atoms with E-state index in [9.17, 15) is 18.0 Å². The fourth-order valence-corrected chi connectivity index (χ4v) is 5.13. The van der Waals surface area contributed by atoms with Gasteiger partial charge in [0.05, 0.1) is 17.7 Å². The normalized spacial score (nSPS) is 22.8. The minimum absolute atomic E-state index is 0.0823. The number of piperazine rings is 1. The van der Waals surface area contributed by atoms with E-state index in [1.165, 1.54) is 29.8 Å². The fraction of sp³-hybridized carbons (Fsp3) is 0.353. The van der Waals surface area contributed by atoms with E-state index in [4.69, 9.17) is 21.4 Å². The van der Waals surface area contributed by atoms with Gasteiger partial charge in [0.1, 0.15) is 4.90 Å². The molecule has 2 aliphatic heterocycles. The van der Waals surface area contributed by atoms with Gasteiger partial charge >= 0.3 is 11.9 Å². The zero-order chi connectivity index (χ0) is 21.2. The first kappa shape index (κ1) is 21.2. The summed E-state index contributed by atoms with van der Waals surface area (Å²) in [7, 11) is -2.69. The second kappa shape index (κ2) is 8.11. The Hall–Kier alpha value is -2.47. The fourth-order valence-electron chi connectivity index (χ4n) is 3.19. The third-order valence-corrected chi connectivity index (χ3v) is 7.07. The summed E-state index contributed by atoms with van der Waals surface area (Å²) < 4.78 is 32.0. The Kier molecular flexibility index (Phi) is 5.94. The van der Waals surface area contributed by atoms with Crippen LogP contribution in [-0.4, -0.2) is 80.0 Å². The number of nitrogens with zero attached hydrogens (tertiary/aromatic N) is 3. The Balaban J connectivity index is 1.79. The number of esters is 1. The van der Waals surface area contributed by atoms with Crippen LogP contribution in [0.1, 0.15) is 10.4 Å². The van der Waals surface area contributed by atoms with Crippen LogP contribution in [0.3, 0.4) is 0 Å². The van der Waals surface area contributed by atoms with Gasteiger partial charge in [-0.15, -0.1) is 0 Å². The largest absolute Gasteiger partial charge is 0.478 e. The Labute approximate surface area is 172 Å². The van der Waals surface area contributed by atoms with Crippen molar-refractivity contribution in [3.8, 4) is 0 Å². The summed E-state index contributed by atoms with van der Waals surface area (Å²) in [5, 5.41) is 11.7. The van der Waals surface area contributed by atoms with Crippen LogP contribution in [-0.2, 0) is 19.6 Å². The number of ether oxygens (including phenoxy) is 1. The van der Waals surface area contributed by atoms with Crippen molar-refractivity contribution < 1.29 is 27.9 Å². The van der Waals surface area contributed by atoms with Crippen LogP contribution in [0, 0.1) is 0 Å². The lowest BCUT2D eigenvalue weighted by Crippen LogP contribution is -2.66. The monoisotopic (exact) mass is 442 g/mol. The van der Waals surface area contributed by atoms with Crippen molar-refractivity contribution in [2.24, 2.45) is 4.99 Å². The number of methoxy groups -OCH3 is 1. The number of allylic oxidation sites excluding steroid dienone is 1. The Bertz CT molecular complexity index is 988. The number of hydrogen-bond donors (Lipinski definition) is 2. The molecule has 0 saturated carbocycles. The first-order valence-corrected chi connectivity index (χ1v) is 10.4. The Morgan fingerprint density at radius 1 is 1.28 bits per heavy atom. The summed E-state index contributed by atoms with van der Waals surface area (Å²) in [5.41, 5.74) is -0.104. The average molecular weight is 443 g/mol. The van der Waals surface area contributed by atoms with Crippen LogP contribution in [0.25, 0.3) is 0 Å². The van der Waals surface area contributed by atoms with Gasteiger partial charge in [-0.05, 0) is 24.3 Å². The molecule has 2 heterocycles. The van der Waals surface area contributed by atoms with Gasteiger partial charge in [-0.2, -0.15) is 4.31 Å². The number of halogens is 1. The van der Waals surface area contributed by atoms with Gasteiger partial charge in [-0.3, -0.25) is 0 Å². The number of carboxylic acid groups (broad SMARTS) is 1. The summed E-state index contributed by atoms with van der Waals surface area (Å²) in [5.74, 6) is -3.26. The van der Waals surface area contributed by atoms with Crippen LogP contribution < -0.4 is 5.32 Å². The molecule has 0 radical (unpaired) electrons. The SMILES string of the molecule is COC(=O)C1(N2CCN(S(=O)(=O)c3ccc(C(=O)O)cc3Cl)CC2)N=CC=CN1. The first-order valence-electron chi connectivity index (χ1n) is 8.57. The van der Waals surface area contributed by atoms with Crippen molar-refractivity contribution in [3.05, 3.63) is 41.1 Å². The molecule has 1 atom stereocenters. The molecule has 1 aromatic rings. The number of hydrogen-bond acceptors (Lipinski definition) is 8. The zero-order valence-corrected chi connectivity index (χ0v) is 17.0. The van der Waals surface area contributed by atoms with E-state index >= 15 is 0 Å². The molecule has 10 nitrogen and oxygen atoms in total. The highest BCUT2D eigenvalue weighted by Gasteiger charge is 2.47. The highest BCUT2D eigenvalue weighted by Crippen LogP contribution is 2.28. The highest BCUT2D eigenvalue weighted by molar-refractivity contribution is 7.89. The smallest absolute Gasteiger partial charge is 0.371 e. The van der Waals surface area contributed by atoms with Crippen LogP contribution in [0.4, 0.5) is 0 Å². The number of nitrogens with one attached hydrogen (secondary N) is 1. The molecule has 2 aliphatic rings. The Morgan fingerprint density at radius 3 is 2.48 bits per heavy atom. The molecule has 0 spiro atoms. The molecule has 1 saturated heterocycles. The molecule has 0 amide bonds. The summed E-state index contributed by atoms with van der Waals surface area (Å²) >= 11 is 6.03. The van der Waals surface area contributed by atoms with E-state index in [1.54, 1.807) is 17.2 Å². The molecule has 156 valence electrons. The van der Waals surface area contributed by atoms with Crippen LogP contribution in [0.15, 0.2) is 40.4 Å². The lowest BCUT2D eigenvalue weighted by molar-refractivity contribution is -0.158. The second-order valence-corrected chi connectivity index (χ2v) is 8.60. The van der Waals surface area contributed by atoms with Gasteiger partial charge < -0.3 is 15.2 Å². The van der Waals surface area contributed by atoms with Crippen molar-refractivity contribution in [1.82, 2.24) is 14.5 Å². The molecule has 0 aliphatic carbocycles. The maximum atomic E-state index is 13.0. The molecule has 0 aromatic heterocycles. The van der Waals surface area contributed by atoms with Gasteiger partial charge in [0.15, 0.2) is 0 Å². The summed E-state index contributed by atoms with van der Waals surface area (Å²) in [6, 6.07) is 3.48. The first-order chi connectivity index (χ1) is 13.7. The van der Waals surface area contributed by atoms with Gasteiger partial charge in [0.25, 0.3) is 5.79 Å². The number of carboxylic acids is 1. The maximum Gasteiger partial charge on any atom is 0.371 e. The lowest BCUT2D eigenvalue weighted by Gasteiger charge is -2.43. The zero-order valence-electron chi connectivity index (χ0n) is 15.4. The summed E-state index contributed by atoms with van der Waals surface area (Å²) in [4.78, 5) is 29.1. The molecule has 2 N–H and O–H groups in total. The van der Waals surface area contributed by atoms with Crippen LogP contribution in [0.2, 0.25) is 5.02 Å². The topological polar surface area (TPSA) is 129 Å². The number of aliphatic imine (C=N–C) groups is 1. The quantitative estimate of drug-likeness (QED) is 0.625. The molecule has 1 fully saturated rings. The minimum atomic E-state index is -3.94. The predicted molar refractivity (Wildman–Crippen MR) is 104 cm³/mol. The van der Waals surface area contributed by atoms with Crippen molar-refractivity contribution in [2.75, 3.05) is 33.3 Å². The summed E-state index contributed by atoms with van der Waals surface area (Å²) in [6.45, 7) is 0.576. The maximum absolute atomic E-state index is 13.0. The van der Waals surface area contributed by atoms with Crippen LogP contribution >= 0.6 is 11.6 Å². The van der Waals surface area contributed by atoms with Gasteiger partial charge in [0.2, 0.25) is 10.0 Å². The third-order valence-electron chi connectivity index (χ3n) is 4.69. The van der Waals surface area contributed by atoms with Crippen molar-refractivity contribution in [1.29, 1.82) is 0 Å². The molecule has 3 rings (SSSR count). The molecule has 0 bridgehead atoms. The standard InChI is InChI=1S/C17H19ClN4O6S/c1-28-16(25)17(19-5-2-6-20-17)21-7-9-22(10-8-21)29(26,27)14-4-3-12(15(23)24)11-13(14)18/h2-6,11,19H,7-10H2,1H3,(H,23,24). The van der Waals surface area contributed by atoms with Gasteiger partial charge in [-0.1, -0.05) is 11.6 Å². The summed E-state index contributed by atoms with van der Waals surface area (Å²) in [6.07, 6.45) is 4.67. The molecular weight excluding hydrogens is 424 g/mol. The minimum Gasteiger partial charge on any atom is -0.478 e. The van der Waals surface area contributed by atoms with Crippen molar-refractivity contribution in [2.45, 2.75) is 10.7 Å².